The van der Waals surface area contributed by atoms with Gasteiger partial charge in [0.15, 0.2) is 24.6 Å². The van der Waals surface area contributed by atoms with Crippen LogP contribution >= 0.6 is 0 Å². The van der Waals surface area contributed by atoms with Crippen LogP contribution in [0.15, 0.2) is 0 Å². The molecule has 0 spiro atoms. The van der Waals surface area contributed by atoms with Gasteiger partial charge < -0.3 is 23.7 Å². The van der Waals surface area contributed by atoms with E-state index in [2.05, 4.69) is 41.5 Å². The number of fused-ring (bicyclic) bond motifs is 5. The Morgan fingerprint density at radius 2 is 1.38 bits per heavy atom. The highest BCUT2D eigenvalue weighted by molar-refractivity contribution is 5.68. The van der Waals surface area contributed by atoms with E-state index < -0.39 is 42.5 Å². The molecule has 1 saturated heterocycles. The molecule has 4 saturated carbocycles. The Bertz CT molecular complexity index is 1120. The maximum Gasteiger partial charge on any atom is 0.303 e. The average Bonchev–Trinajstić information content (AvgIpc) is 3.35. The van der Waals surface area contributed by atoms with Crippen molar-refractivity contribution < 1.29 is 38.1 Å². The summed E-state index contributed by atoms with van der Waals surface area (Å²) < 4.78 is 29.2. The van der Waals surface area contributed by atoms with E-state index in [9.17, 15) is 14.4 Å². The summed E-state index contributed by atoms with van der Waals surface area (Å²) >= 11 is 0. The second kappa shape index (κ2) is 14.7. The van der Waals surface area contributed by atoms with Crippen molar-refractivity contribution >= 4 is 17.9 Å². The second-order valence-electron chi connectivity index (χ2n) is 17.2. The molecular weight excluding hydrogens is 596 g/mol. The van der Waals surface area contributed by atoms with Gasteiger partial charge in [0.2, 0.25) is 0 Å². The summed E-state index contributed by atoms with van der Waals surface area (Å²) in [5.41, 5.74) is 0.793. The Morgan fingerprint density at radius 3 is 2.04 bits per heavy atom. The van der Waals surface area contributed by atoms with Crippen molar-refractivity contribution in [3.05, 3.63) is 0 Å². The maximum absolute atomic E-state index is 12.1. The molecule has 8 heteroatoms. The van der Waals surface area contributed by atoms with E-state index in [1.807, 2.05) is 0 Å². The van der Waals surface area contributed by atoms with Crippen molar-refractivity contribution in [2.75, 3.05) is 6.61 Å². The van der Waals surface area contributed by atoms with E-state index in [4.69, 9.17) is 23.7 Å². The van der Waals surface area contributed by atoms with E-state index in [1.165, 1.54) is 72.1 Å². The van der Waals surface area contributed by atoms with Crippen molar-refractivity contribution in [2.24, 2.45) is 58.2 Å². The van der Waals surface area contributed by atoms with Gasteiger partial charge in [0.1, 0.15) is 0 Å². The number of carbonyl (C=O) groups excluding carboxylic acids is 3. The lowest BCUT2D eigenvalue weighted by atomic mass is 9.44. The monoisotopic (exact) mass is 660 g/mol. The number of esters is 3. The van der Waals surface area contributed by atoms with Crippen LogP contribution in [0.2, 0.25) is 0 Å². The van der Waals surface area contributed by atoms with Crippen molar-refractivity contribution in [1.82, 2.24) is 0 Å². The summed E-state index contributed by atoms with van der Waals surface area (Å²) in [5, 5.41) is 0. The van der Waals surface area contributed by atoms with E-state index in [0.717, 1.165) is 60.7 Å². The molecule has 8 nitrogen and oxygen atoms in total. The summed E-state index contributed by atoms with van der Waals surface area (Å²) in [4.78, 5) is 35.9. The summed E-state index contributed by atoms with van der Waals surface area (Å²) in [6, 6.07) is 0. The minimum atomic E-state index is -1.03. The van der Waals surface area contributed by atoms with Crippen LogP contribution in [0, 0.1) is 58.2 Å². The van der Waals surface area contributed by atoms with Gasteiger partial charge in [-0.1, -0.05) is 54.4 Å². The van der Waals surface area contributed by atoms with Gasteiger partial charge in [0.05, 0.1) is 12.7 Å². The second-order valence-corrected chi connectivity index (χ2v) is 17.2. The van der Waals surface area contributed by atoms with Crippen LogP contribution in [-0.4, -0.2) is 55.2 Å². The molecule has 5 aliphatic rings. The highest BCUT2D eigenvalue weighted by atomic mass is 16.7. The lowest BCUT2D eigenvalue weighted by Gasteiger charge is -2.61. The fourth-order valence-corrected chi connectivity index (χ4v) is 11.4. The van der Waals surface area contributed by atoms with Crippen molar-refractivity contribution in [3.63, 3.8) is 0 Å². The van der Waals surface area contributed by atoms with E-state index in [1.54, 1.807) is 0 Å². The predicted octanol–water partition coefficient (Wildman–Crippen LogP) is 7.89. The molecule has 0 aromatic carbocycles. The summed E-state index contributed by atoms with van der Waals surface area (Å²) in [7, 11) is 0. The zero-order valence-electron chi connectivity index (χ0n) is 30.8. The number of ether oxygens (including phenoxy) is 5. The van der Waals surface area contributed by atoms with Gasteiger partial charge in [0.25, 0.3) is 0 Å². The Labute approximate surface area is 284 Å². The summed E-state index contributed by atoms with van der Waals surface area (Å²) in [6.45, 7) is 18.8. The van der Waals surface area contributed by atoms with Gasteiger partial charge in [-0.2, -0.15) is 0 Å². The first-order valence-corrected chi connectivity index (χ1v) is 18.9. The molecule has 7 unspecified atom stereocenters. The zero-order chi connectivity index (χ0) is 34.3. The Balaban J connectivity index is 1.23. The third kappa shape index (κ3) is 7.59. The van der Waals surface area contributed by atoms with Crippen LogP contribution in [0.3, 0.4) is 0 Å². The van der Waals surface area contributed by atoms with Crippen LogP contribution < -0.4 is 0 Å². The molecule has 5 fully saturated rings. The van der Waals surface area contributed by atoms with Crippen molar-refractivity contribution in [2.45, 2.75) is 164 Å². The molecular formula is C39H64O8. The third-order valence-corrected chi connectivity index (χ3v) is 14.2. The molecule has 0 N–H and O–H groups in total. The van der Waals surface area contributed by atoms with E-state index in [-0.39, 0.29) is 12.7 Å². The lowest BCUT2D eigenvalue weighted by Crippen LogP contribution is -2.59. The average molecular weight is 661 g/mol. The van der Waals surface area contributed by atoms with Gasteiger partial charge >= 0.3 is 17.9 Å². The highest BCUT2D eigenvalue weighted by Gasteiger charge is 2.61. The standard InChI is InChI=1S/C39H64O8/c1-22(2)23(3)10-11-24(4)31-14-15-32-30-13-12-28-20-29(16-18-38(28,8)33(30)17-19-39(31,32)9)47-37-36(46-27(7)42)35(45-26(6)41)34(21-43-37)44-25(5)40/h22-24,28-37H,10-21H2,1-9H3/t23?,24?,28?,29-,30?,31?,32?,33?,34+,35-,36+,37-,38-,39+/m0/s1. The smallest absolute Gasteiger partial charge is 0.303 e. The van der Waals surface area contributed by atoms with Gasteiger partial charge in [0, 0.05) is 20.8 Å². The molecule has 47 heavy (non-hydrogen) atoms. The Hall–Kier alpha value is -1.67. The van der Waals surface area contributed by atoms with Gasteiger partial charge in [-0.3, -0.25) is 14.4 Å². The molecule has 0 amide bonds. The first-order chi connectivity index (χ1) is 22.1. The normalized spacial score (nSPS) is 42.8. The first kappa shape index (κ1) is 36.6. The summed E-state index contributed by atoms with van der Waals surface area (Å²) in [6.07, 6.45) is 9.95. The molecule has 1 aliphatic heterocycles. The lowest BCUT2D eigenvalue weighted by molar-refractivity contribution is -0.296. The van der Waals surface area contributed by atoms with Crippen LogP contribution in [0.4, 0.5) is 0 Å². The molecule has 4 aliphatic carbocycles. The number of rotatable bonds is 10. The van der Waals surface area contributed by atoms with Crippen molar-refractivity contribution in [1.29, 1.82) is 0 Å². The maximum atomic E-state index is 12.1. The Kier molecular flexibility index (Phi) is 11.4. The fourth-order valence-electron chi connectivity index (χ4n) is 11.4. The number of carbonyl (C=O) groups is 3. The topological polar surface area (TPSA) is 97.4 Å². The third-order valence-electron chi connectivity index (χ3n) is 14.2. The van der Waals surface area contributed by atoms with Crippen LogP contribution in [0.5, 0.6) is 0 Å². The first-order valence-electron chi connectivity index (χ1n) is 18.9. The van der Waals surface area contributed by atoms with Gasteiger partial charge in [-0.15, -0.1) is 0 Å². The minimum Gasteiger partial charge on any atom is -0.456 e. The van der Waals surface area contributed by atoms with Gasteiger partial charge in [-0.25, -0.2) is 0 Å². The van der Waals surface area contributed by atoms with Crippen LogP contribution in [0.25, 0.3) is 0 Å². The largest absolute Gasteiger partial charge is 0.456 e. The van der Waals surface area contributed by atoms with Gasteiger partial charge in [-0.05, 0) is 116 Å². The number of hydrogen-bond acceptors (Lipinski definition) is 8. The van der Waals surface area contributed by atoms with Crippen molar-refractivity contribution in [3.8, 4) is 0 Å². The summed E-state index contributed by atoms with van der Waals surface area (Å²) in [5.74, 6) is 4.65. The van der Waals surface area contributed by atoms with Crippen LogP contribution in [-0.2, 0) is 38.1 Å². The number of hydrogen-bond donors (Lipinski definition) is 0. The molecule has 14 atom stereocenters. The highest BCUT2D eigenvalue weighted by Crippen LogP contribution is 2.68. The molecule has 5 rings (SSSR count). The fraction of sp³-hybridized carbons (Fsp3) is 0.923. The van der Waals surface area contributed by atoms with E-state index in [0.29, 0.717) is 16.7 Å². The molecule has 0 aromatic rings. The molecule has 0 radical (unpaired) electrons. The molecule has 1 heterocycles. The van der Waals surface area contributed by atoms with Crippen LogP contribution in [0.1, 0.15) is 133 Å². The molecule has 268 valence electrons. The quantitative estimate of drug-likeness (QED) is 0.133. The minimum absolute atomic E-state index is 0.00586. The van der Waals surface area contributed by atoms with E-state index >= 15 is 0 Å². The SMILES string of the molecule is CC(=O)O[C@@H]1[C@@H](OC(C)=O)[C@H](O[C@H]2CC[C@@]3(C)C(CCC4C5CCC(C(C)CCC(C)C(C)C)[C@@]5(C)CCC43)C2)OC[C@H]1OC(C)=O. The molecule has 0 aromatic heterocycles. The Morgan fingerprint density at radius 1 is 0.745 bits per heavy atom. The predicted molar refractivity (Wildman–Crippen MR) is 179 cm³/mol. The molecule has 0 bridgehead atoms. The zero-order valence-corrected chi connectivity index (χ0v) is 30.8.